The van der Waals surface area contributed by atoms with Crippen molar-refractivity contribution in [2.75, 3.05) is 20.2 Å². The molecule has 1 aromatic carbocycles. The van der Waals surface area contributed by atoms with Crippen LogP contribution in [0.3, 0.4) is 0 Å². The highest BCUT2D eigenvalue weighted by atomic mass is 19.1. The number of carbonyl (C=O) groups is 1. The highest BCUT2D eigenvalue weighted by molar-refractivity contribution is 5.79. The van der Waals surface area contributed by atoms with E-state index in [0.29, 0.717) is 5.56 Å². The molecule has 0 saturated carbocycles. The van der Waals surface area contributed by atoms with Crippen LogP contribution in [0.2, 0.25) is 0 Å². The van der Waals surface area contributed by atoms with E-state index in [0.717, 1.165) is 19.5 Å². The second-order valence-electron chi connectivity index (χ2n) is 3.88. The fourth-order valence-electron chi connectivity index (χ4n) is 1.67. The van der Waals surface area contributed by atoms with Crippen molar-refractivity contribution in [1.82, 2.24) is 4.90 Å². The van der Waals surface area contributed by atoms with Crippen LogP contribution in [-0.2, 0) is 11.2 Å². The molecule has 0 bridgehead atoms. The third-order valence-corrected chi connectivity index (χ3v) is 2.78. The lowest BCUT2D eigenvalue weighted by molar-refractivity contribution is -0.133. The van der Waals surface area contributed by atoms with E-state index in [9.17, 15) is 9.18 Å². The number of rotatable bonds is 3. The van der Waals surface area contributed by atoms with Crippen molar-refractivity contribution in [2.45, 2.75) is 12.8 Å². The third kappa shape index (κ3) is 2.15. The van der Waals surface area contributed by atoms with Crippen molar-refractivity contribution in [3.8, 4) is 5.75 Å². The summed E-state index contributed by atoms with van der Waals surface area (Å²) in [6.45, 7) is 1.66. The molecule has 1 aliphatic rings. The fraction of sp³-hybridized carbons (Fsp3) is 0.417. The summed E-state index contributed by atoms with van der Waals surface area (Å²) < 4.78 is 18.2. The Kier molecular flexibility index (Phi) is 3.08. The Bertz CT molecular complexity index is 402. The number of carbonyl (C=O) groups excluding carboxylic acids is 1. The zero-order valence-corrected chi connectivity index (χ0v) is 9.20. The topological polar surface area (TPSA) is 29.5 Å². The summed E-state index contributed by atoms with van der Waals surface area (Å²) in [5, 5.41) is 0. The smallest absolute Gasteiger partial charge is 0.226 e. The van der Waals surface area contributed by atoms with Crippen molar-refractivity contribution < 1.29 is 13.9 Å². The lowest BCUT2D eigenvalue weighted by Gasteiger charge is -2.30. The van der Waals surface area contributed by atoms with Crippen molar-refractivity contribution in [2.24, 2.45) is 0 Å². The normalized spacial score (nSPS) is 14.5. The fourth-order valence-corrected chi connectivity index (χ4v) is 1.67. The minimum absolute atomic E-state index is 0.0656. The van der Waals surface area contributed by atoms with Crippen LogP contribution in [0.5, 0.6) is 5.75 Å². The van der Waals surface area contributed by atoms with Crippen LogP contribution in [0.25, 0.3) is 0 Å². The average Bonchev–Trinajstić information content (AvgIpc) is 2.15. The van der Waals surface area contributed by atoms with Gasteiger partial charge in [0.15, 0.2) is 11.6 Å². The van der Waals surface area contributed by atoms with E-state index in [-0.39, 0.29) is 18.1 Å². The molecule has 16 heavy (non-hydrogen) atoms. The monoisotopic (exact) mass is 223 g/mol. The van der Waals surface area contributed by atoms with Crippen LogP contribution in [0.15, 0.2) is 18.2 Å². The second-order valence-corrected chi connectivity index (χ2v) is 3.88. The maximum atomic E-state index is 13.3. The summed E-state index contributed by atoms with van der Waals surface area (Å²) in [7, 11) is 1.42. The van der Waals surface area contributed by atoms with Crippen LogP contribution in [-0.4, -0.2) is 31.0 Å². The van der Waals surface area contributed by atoms with E-state index in [2.05, 4.69) is 0 Å². The minimum atomic E-state index is -0.420. The van der Waals surface area contributed by atoms with Crippen molar-refractivity contribution in [3.05, 3.63) is 29.6 Å². The van der Waals surface area contributed by atoms with E-state index in [1.54, 1.807) is 17.0 Å². The molecule has 4 heteroatoms. The van der Waals surface area contributed by atoms with Crippen LogP contribution < -0.4 is 4.74 Å². The Balaban J connectivity index is 2.03. The number of methoxy groups -OCH3 is 1. The van der Waals surface area contributed by atoms with Crippen LogP contribution in [0.4, 0.5) is 4.39 Å². The molecule has 0 atom stereocenters. The summed E-state index contributed by atoms with van der Waals surface area (Å²) in [5.41, 5.74) is 0.690. The lowest BCUT2D eigenvalue weighted by Crippen LogP contribution is -2.42. The molecule has 0 spiro atoms. The van der Waals surface area contributed by atoms with Crippen LogP contribution in [0, 0.1) is 5.82 Å². The van der Waals surface area contributed by atoms with Gasteiger partial charge in [-0.3, -0.25) is 4.79 Å². The van der Waals surface area contributed by atoms with Gasteiger partial charge in [-0.2, -0.15) is 0 Å². The Morgan fingerprint density at radius 2 is 2.25 bits per heavy atom. The first-order chi connectivity index (χ1) is 7.70. The second kappa shape index (κ2) is 4.51. The summed E-state index contributed by atoms with van der Waals surface area (Å²) in [5.74, 6) is -0.146. The first kappa shape index (κ1) is 10.9. The van der Waals surface area contributed by atoms with Gasteiger partial charge in [-0.1, -0.05) is 6.07 Å². The molecular formula is C12H14FNO2. The summed E-state index contributed by atoms with van der Waals surface area (Å²) in [4.78, 5) is 13.4. The highest BCUT2D eigenvalue weighted by Crippen LogP contribution is 2.19. The lowest BCUT2D eigenvalue weighted by atomic mass is 10.1. The van der Waals surface area contributed by atoms with Crippen molar-refractivity contribution in [1.29, 1.82) is 0 Å². The quantitative estimate of drug-likeness (QED) is 0.779. The predicted octanol–water partition coefficient (Wildman–Crippen LogP) is 1.61. The van der Waals surface area contributed by atoms with Gasteiger partial charge in [0.1, 0.15) is 0 Å². The molecule has 0 aromatic heterocycles. The molecule has 86 valence electrons. The van der Waals surface area contributed by atoms with Gasteiger partial charge in [0.2, 0.25) is 5.91 Å². The van der Waals surface area contributed by atoms with Gasteiger partial charge < -0.3 is 9.64 Å². The van der Waals surface area contributed by atoms with E-state index < -0.39 is 5.82 Å². The summed E-state index contributed by atoms with van der Waals surface area (Å²) >= 11 is 0. The van der Waals surface area contributed by atoms with Crippen LogP contribution in [0.1, 0.15) is 12.0 Å². The van der Waals surface area contributed by atoms with E-state index in [1.807, 2.05) is 0 Å². The Labute approximate surface area is 93.8 Å². The third-order valence-electron chi connectivity index (χ3n) is 2.78. The Morgan fingerprint density at radius 3 is 2.75 bits per heavy atom. The number of nitrogens with zero attached hydrogens (tertiary/aromatic N) is 1. The molecule has 1 fully saturated rings. The Morgan fingerprint density at radius 1 is 1.50 bits per heavy atom. The molecule has 3 nitrogen and oxygen atoms in total. The van der Waals surface area contributed by atoms with E-state index in [1.165, 1.54) is 13.2 Å². The zero-order chi connectivity index (χ0) is 11.5. The molecule has 1 saturated heterocycles. The highest BCUT2D eigenvalue weighted by Gasteiger charge is 2.20. The van der Waals surface area contributed by atoms with Crippen LogP contribution >= 0.6 is 0 Å². The number of benzene rings is 1. The van der Waals surface area contributed by atoms with Crippen molar-refractivity contribution in [3.63, 3.8) is 0 Å². The SMILES string of the molecule is COc1ccc(CC(=O)N2CCC2)cc1F. The number of hydrogen-bond acceptors (Lipinski definition) is 2. The minimum Gasteiger partial charge on any atom is -0.494 e. The van der Waals surface area contributed by atoms with Gasteiger partial charge in [-0.05, 0) is 24.1 Å². The van der Waals surface area contributed by atoms with Gasteiger partial charge in [-0.25, -0.2) is 4.39 Å². The maximum absolute atomic E-state index is 13.3. The first-order valence-corrected chi connectivity index (χ1v) is 5.31. The van der Waals surface area contributed by atoms with E-state index >= 15 is 0 Å². The number of likely N-dealkylation sites (tertiary alicyclic amines) is 1. The maximum Gasteiger partial charge on any atom is 0.226 e. The molecule has 1 heterocycles. The van der Waals surface area contributed by atoms with Gasteiger partial charge >= 0.3 is 0 Å². The first-order valence-electron chi connectivity index (χ1n) is 5.31. The Hall–Kier alpha value is -1.58. The molecule has 0 unspecified atom stereocenters. The van der Waals surface area contributed by atoms with E-state index in [4.69, 9.17) is 4.74 Å². The van der Waals surface area contributed by atoms with Gasteiger partial charge in [0, 0.05) is 13.1 Å². The molecule has 1 aliphatic heterocycles. The van der Waals surface area contributed by atoms with Gasteiger partial charge in [0.05, 0.1) is 13.5 Å². The van der Waals surface area contributed by atoms with Gasteiger partial charge in [-0.15, -0.1) is 0 Å². The average molecular weight is 223 g/mol. The summed E-state index contributed by atoms with van der Waals surface area (Å²) in [6.07, 6.45) is 1.34. The zero-order valence-electron chi connectivity index (χ0n) is 9.20. The number of halogens is 1. The molecular weight excluding hydrogens is 209 g/mol. The molecule has 0 radical (unpaired) electrons. The number of hydrogen-bond donors (Lipinski definition) is 0. The largest absolute Gasteiger partial charge is 0.494 e. The predicted molar refractivity (Wildman–Crippen MR) is 57.9 cm³/mol. The summed E-state index contributed by atoms with van der Waals surface area (Å²) in [6, 6.07) is 4.63. The standard InChI is InChI=1S/C12H14FNO2/c1-16-11-4-3-9(7-10(11)13)8-12(15)14-5-2-6-14/h3-4,7H,2,5-6,8H2,1H3. The molecule has 0 aliphatic carbocycles. The molecule has 0 N–H and O–H groups in total. The van der Waals surface area contributed by atoms with Gasteiger partial charge in [0.25, 0.3) is 0 Å². The molecule has 1 aromatic rings. The number of amides is 1. The number of ether oxygens (including phenoxy) is 1. The van der Waals surface area contributed by atoms with Crippen molar-refractivity contribution >= 4 is 5.91 Å². The molecule has 1 amide bonds. The molecule has 2 rings (SSSR count).